The van der Waals surface area contributed by atoms with E-state index in [0.717, 1.165) is 42.2 Å². The molecule has 5 heteroatoms. The maximum Gasteiger partial charge on any atom is 0.101 e. The summed E-state index contributed by atoms with van der Waals surface area (Å²) in [6.45, 7) is 5.27. The first kappa shape index (κ1) is 19.6. The monoisotopic (exact) mass is 453 g/mol. The van der Waals surface area contributed by atoms with E-state index in [-0.39, 0.29) is 5.25 Å². The van der Waals surface area contributed by atoms with Gasteiger partial charge in [0.1, 0.15) is 5.03 Å². The molecule has 3 aromatic rings. The van der Waals surface area contributed by atoms with Crippen LogP contribution in [0.15, 0.2) is 82.4 Å². The van der Waals surface area contributed by atoms with Gasteiger partial charge in [0.05, 0.1) is 5.25 Å². The minimum Gasteiger partial charge on any atom is -0.314 e. The summed E-state index contributed by atoms with van der Waals surface area (Å²) in [6, 6.07) is 23.6. The Bertz CT molecular complexity index is 880. The molecule has 0 aliphatic carbocycles. The van der Waals surface area contributed by atoms with Crippen LogP contribution >= 0.6 is 27.7 Å². The topological polar surface area (TPSA) is 28.2 Å². The number of nitrogens with one attached hydrogen (secondary N) is 1. The first-order valence-electron chi connectivity index (χ1n) is 9.63. The third kappa shape index (κ3) is 5.03. The molecular weight excluding hydrogens is 430 g/mol. The first-order valence-corrected chi connectivity index (χ1v) is 11.3. The number of nitrogens with zero attached hydrogens (tertiary/aromatic N) is 2. The largest absolute Gasteiger partial charge is 0.314 e. The Balaban J connectivity index is 1.62. The second kappa shape index (κ2) is 9.70. The molecule has 2 aromatic carbocycles. The van der Waals surface area contributed by atoms with Crippen LogP contribution in [0.2, 0.25) is 0 Å². The molecule has 1 N–H and O–H groups in total. The smallest absolute Gasteiger partial charge is 0.101 e. The standard InChI is InChI=1S/C23H24BrN3S/c24-21-10-8-19(9-11-21)22(18-5-2-1-3-6-18)28-23-20(7-4-12-26-23)17-27-15-13-25-14-16-27/h1-12,22,25H,13-17H2. The Morgan fingerprint density at radius 3 is 2.39 bits per heavy atom. The van der Waals surface area contributed by atoms with E-state index in [2.05, 4.69) is 92.9 Å². The minimum absolute atomic E-state index is 0.214. The molecule has 3 nitrogen and oxygen atoms in total. The van der Waals surface area contributed by atoms with Crippen molar-refractivity contribution in [2.45, 2.75) is 16.8 Å². The van der Waals surface area contributed by atoms with Crippen molar-refractivity contribution in [2.75, 3.05) is 26.2 Å². The van der Waals surface area contributed by atoms with Gasteiger partial charge in [-0.15, -0.1) is 0 Å². The van der Waals surface area contributed by atoms with E-state index in [9.17, 15) is 0 Å². The molecule has 28 heavy (non-hydrogen) atoms. The van der Waals surface area contributed by atoms with Crippen molar-refractivity contribution in [3.63, 3.8) is 0 Å². The van der Waals surface area contributed by atoms with E-state index in [1.165, 1.54) is 16.7 Å². The van der Waals surface area contributed by atoms with E-state index in [1.807, 2.05) is 18.0 Å². The Labute approximate surface area is 179 Å². The number of hydrogen-bond donors (Lipinski definition) is 1. The van der Waals surface area contributed by atoms with Gasteiger partial charge in [-0.3, -0.25) is 4.90 Å². The SMILES string of the molecule is Brc1ccc(C(Sc2ncccc2CN2CCNCC2)c2ccccc2)cc1. The van der Waals surface area contributed by atoms with Gasteiger partial charge in [-0.25, -0.2) is 4.98 Å². The highest BCUT2D eigenvalue weighted by Gasteiger charge is 2.19. The normalized spacial score (nSPS) is 16.0. The molecule has 1 aliphatic rings. The number of benzene rings is 2. The first-order chi connectivity index (χ1) is 13.8. The Morgan fingerprint density at radius 2 is 1.64 bits per heavy atom. The third-order valence-corrected chi connectivity index (χ3v) is 6.86. The molecule has 4 rings (SSSR count). The van der Waals surface area contributed by atoms with Gasteiger partial charge in [0.15, 0.2) is 0 Å². The molecule has 0 amide bonds. The van der Waals surface area contributed by atoms with Gasteiger partial charge < -0.3 is 5.32 Å². The summed E-state index contributed by atoms with van der Waals surface area (Å²) < 4.78 is 1.10. The van der Waals surface area contributed by atoms with Gasteiger partial charge in [0, 0.05) is 43.4 Å². The molecule has 1 atom stereocenters. The van der Waals surface area contributed by atoms with E-state index >= 15 is 0 Å². The third-order valence-electron chi connectivity index (χ3n) is 4.96. The molecule has 144 valence electrons. The Hall–Kier alpha value is -1.66. The summed E-state index contributed by atoms with van der Waals surface area (Å²) in [5.41, 5.74) is 3.90. The van der Waals surface area contributed by atoms with E-state index in [4.69, 9.17) is 4.98 Å². The molecule has 1 fully saturated rings. The Morgan fingerprint density at radius 1 is 0.929 bits per heavy atom. The molecule has 1 aromatic heterocycles. The highest BCUT2D eigenvalue weighted by atomic mass is 79.9. The fourth-order valence-electron chi connectivity index (χ4n) is 3.47. The van der Waals surface area contributed by atoms with Gasteiger partial charge in [-0.2, -0.15) is 0 Å². The molecule has 0 bridgehead atoms. The van der Waals surface area contributed by atoms with Gasteiger partial charge >= 0.3 is 0 Å². The highest BCUT2D eigenvalue weighted by molar-refractivity contribution is 9.10. The van der Waals surface area contributed by atoms with Gasteiger partial charge in [0.25, 0.3) is 0 Å². The second-order valence-corrected chi connectivity index (χ2v) is 8.96. The fourth-order valence-corrected chi connectivity index (χ4v) is 4.95. The zero-order valence-corrected chi connectivity index (χ0v) is 18.1. The summed E-state index contributed by atoms with van der Waals surface area (Å²) in [4.78, 5) is 7.27. The molecule has 1 aliphatic heterocycles. The van der Waals surface area contributed by atoms with Gasteiger partial charge in [0.2, 0.25) is 0 Å². The molecule has 2 heterocycles. The van der Waals surface area contributed by atoms with Crippen molar-refractivity contribution in [3.8, 4) is 0 Å². The van der Waals surface area contributed by atoms with Crippen molar-refractivity contribution in [3.05, 3.63) is 94.1 Å². The molecule has 1 unspecified atom stereocenters. The van der Waals surface area contributed by atoms with E-state index < -0.39 is 0 Å². The van der Waals surface area contributed by atoms with Crippen LogP contribution in [-0.4, -0.2) is 36.1 Å². The van der Waals surface area contributed by atoms with Crippen molar-refractivity contribution in [1.29, 1.82) is 0 Å². The number of rotatable bonds is 6. The lowest BCUT2D eigenvalue weighted by atomic mass is 10.0. The summed E-state index contributed by atoms with van der Waals surface area (Å²) in [5, 5.41) is 4.77. The van der Waals surface area contributed by atoms with E-state index in [1.54, 1.807) is 0 Å². The van der Waals surface area contributed by atoms with Crippen molar-refractivity contribution >= 4 is 27.7 Å². The number of pyridine rings is 1. The number of hydrogen-bond acceptors (Lipinski definition) is 4. The Kier molecular flexibility index (Phi) is 6.81. The van der Waals surface area contributed by atoms with Gasteiger partial charge in [-0.1, -0.05) is 76.2 Å². The maximum atomic E-state index is 4.76. The summed E-state index contributed by atoms with van der Waals surface area (Å²) in [7, 11) is 0. The van der Waals surface area contributed by atoms with Crippen LogP contribution in [0.5, 0.6) is 0 Å². The summed E-state index contributed by atoms with van der Waals surface area (Å²) in [6.07, 6.45) is 1.91. The van der Waals surface area contributed by atoms with Crippen LogP contribution < -0.4 is 5.32 Å². The van der Waals surface area contributed by atoms with Crippen LogP contribution in [-0.2, 0) is 6.54 Å². The zero-order valence-electron chi connectivity index (χ0n) is 15.7. The average molecular weight is 454 g/mol. The van der Waals surface area contributed by atoms with Crippen molar-refractivity contribution in [2.24, 2.45) is 0 Å². The molecular formula is C23H24BrN3S. The number of aromatic nitrogens is 1. The van der Waals surface area contributed by atoms with Crippen molar-refractivity contribution < 1.29 is 0 Å². The number of piperazine rings is 1. The lowest BCUT2D eigenvalue weighted by Crippen LogP contribution is -2.43. The zero-order chi connectivity index (χ0) is 19.2. The molecule has 0 spiro atoms. The van der Waals surface area contributed by atoms with Crippen LogP contribution in [0.25, 0.3) is 0 Å². The fraction of sp³-hybridized carbons (Fsp3) is 0.261. The van der Waals surface area contributed by atoms with E-state index in [0.29, 0.717) is 0 Å². The minimum atomic E-state index is 0.214. The predicted molar refractivity (Wildman–Crippen MR) is 121 cm³/mol. The highest BCUT2D eigenvalue weighted by Crippen LogP contribution is 2.41. The quantitative estimate of drug-likeness (QED) is 0.523. The lowest BCUT2D eigenvalue weighted by Gasteiger charge is -2.28. The maximum absolute atomic E-state index is 4.76. The van der Waals surface area contributed by atoms with Gasteiger partial charge in [-0.05, 0) is 34.9 Å². The molecule has 0 saturated carbocycles. The van der Waals surface area contributed by atoms with Crippen LogP contribution in [0.1, 0.15) is 21.9 Å². The summed E-state index contributed by atoms with van der Waals surface area (Å²) >= 11 is 5.40. The predicted octanol–water partition coefficient (Wildman–Crippen LogP) is 5.13. The number of halogens is 1. The average Bonchev–Trinajstić information content (AvgIpc) is 2.75. The lowest BCUT2D eigenvalue weighted by molar-refractivity contribution is 0.231. The number of thioether (sulfide) groups is 1. The molecule has 1 saturated heterocycles. The van der Waals surface area contributed by atoms with Crippen molar-refractivity contribution in [1.82, 2.24) is 15.2 Å². The summed E-state index contributed by atoms with van der Waals surface area (Å²) in [5.74, 6) is 0. The second-order valence-electron chi connectivity index (χ2n) is 6.95. The van der Waals surface area contributed by atoms with Crippen LogP contribution in [0, 0.1) is 0 Å². The molecule has 0 radical (unpaired) electrons. The van der Waals surface area contributed by atoms with Crippen LogP contribution in [0.3, 0.4) is 0 Å². The van der Waals surface area contributed by atoms with Crippen LogP contribution in [0.4, 0.5) is 0 Å².